The van der Waals surface area contributed by atoms with E-state index in [4.69, 9.17) is 4.74 Å². The van der Waals surface area contributed by atoms with Gasteiger partial charge in [0.2, 0.25) is 5.78 Å². The first-order valence-corrected chi connectivity index (χ1v) is 6.41. The van der Waals surface area contributed by atoms with Crippen molar-refractivity contribution >= 4 is 28.0 Å². The Labute approximate surface area is 108 Å². The first-order valence-electron chi connectivity index (χ1n) is 5.53. The summed E-state index contributed by atoms with van der Waals surface area (Å²) >= 11 is 1.45. The number of ether oxygens (including phenoxy) is 1. The van der Waals surface area contributed by atoms with E-state index in [1.54, 1.807) is 7.11 Å². The fraction of sp³-hybridized carbons (Fsp3) is 0.0714. The Balaban J connectivity index is 2.06. The number of ketones is 1. The molecule has 2 heterocycles. The molecule has 0 aliphatic carbocycles. The molecule has 1 N–H and O–H groups in total. The van der Waals surface area contributed by atoms with E-state index in [0.29, 0.717) is 5.69 Å². The highest BCUT2D eigenvalue weighted by Gasteiger charge is 2.13. The van der Waals surface area contributed by atoms with Crippen LogP contribution in [0.15, 0.2) is 41.8 Å². The van der Waals surface area contributed by atoms with E-state index < -0.39 is 0 Å². The molecule has 18 heavy (non-hydrogen) atoms. The molecule has 90 valence electrons. The molecule has 0 bridgehead atoms. The second kappa shape index (κ2) is 4.31. The predicted molar refractivity (Wildman–Crippen MR) is 72.6 cm³/mol. The van der Waals surface area contributed by atoms with Gasteiger partial charge in [-0.2, -0.15) is 0 Å². The van der Waals surface area contributed by atoms with E-state index in [9.17, 15) is 4.79 Å². The monoisotopic (exact) mass is 257 g/mol. The minimum absolute atomic E-state index is 0.0279. The van der Waals surface area contributed by atoms with Crippen LogP contribution in [0.4, 0.5) is 0 Å². The van der Waals surface area contributed by atoms with Gasteiger partial charge in [0.1, 0.15) is 5.75 Å². The molecule has 0 spiro atoms. The number of aromatic amines is 1. The highest BCUT2D eigenvalue weighted by Crippen LogP contribution is 2.23. The fourth-order valence-electron chi connectivity index (χ4n) is 1.90. The number of hydrogen-bond acceptors (Lipinski definition) is 3. The Hall–Kier alpha value is -2.07. The topological polar surface area (TPSA) is 42.1 Å². The second-order valence-corrected chi connectivity index (χ2v) is 4.89. The van der Waals surface area contributed by atoms with E-state index in [0.717, 1.165) is 21.5 Å². The first-order chi connectivity index (χ1) is 8.78. The third-order valence-corrected chi connectivity index (χ3v) is 3.69. The number of nitrogens with one attached hydrogen (secondary N) is 1. The third kappa shape index (κ3) is 1.80. The van der Waals surface area contributed by atoms with Crippen LogP contribution in [0.5, 0.6) is 5.75 Å². The van der Waals surface area contributed by atoms with Gasteiger partial charge in [-0.3, -0.25) is 4.79 Å². The summed E-state index contributed by atoms with van der Waals surface area (Å²) in [5.41, 5.74) is 1.55. The Morgan fingerprint density at radius 2 is 2.17 bits per heavy atom. The van der Waals surface area contributed by atoms with Crippen LogP contribution >= 0.6 is 11.3 Å². The molecule has 3 nitrogen and oxygen atoms in total. The van der Waals surface area contributed by atoms with Gasteiger partial charge in [-0.15, -0.1) is 11.3 Å². The number of fused-ring (bicyclic) bond motifs is 1. The van der Waals surface area contributed by atoms with E-state index >= 15 is 0 Å². The van der Waals surface area contributed by atoms with Crippen LogP contribution in [0.1, 0.15) is 15.4 Å². The number of hydrogen-bond donors (Lipinski definition) is 1. The second-order valence-electron chi connectivity index (χ2n) is 3.94. The normalized spacial score (nSPS) is 10.7. The molecule has 3 aromatic rings. The molecule has 0 radical (unpaired) electrons. The maximum Gasteiger partial charge on any atom is 0.219 e. The maximum atomic E-state index is 12.2. The molecule has 3 rings (SSSR count). The summed E-state index contributed by atoms with van der Waals surface area (Å²) in [5, 5.41) is 2.88. The summed E-state index contributed by atoms with van der Waals surface area (Å²) in [6.07, 6.45) is 0. The van der Waals surface area contributed by atoms with Crippen molar-refractivity contribution in [2.45, 2.75) is 0 Å². The number of thiophene rings is 1. The largest absolute Gasteiger partial charge is 0.497 e. The number of rotatable bonds is 3. The van der Waals surface area contributed by atoms with Crippen LogP contribution in [-0.2, 0) is 0 Å². The van der Waals surface area contributed by atoms with Crippen molar-refractivity contribution in [3.05, 3.63) is 52.3 Å². The summed E-state index contributed by atoms with van der Waals surface area (Å²) in [5.74, 6) is 0.816. The van der Waals surface area contributed by atoms with E-state index in [2.05, 4.69) is 4.98 Å². The van der Waals surface area contributed by atoms with Crippen LogP contribution in [-0.4, -0.2) is 17.9 Å². The molecule has 0 atom stereocenters. The molecule has 0 fully saturated rings. The van der Waals surface area contributed by atoms with Crippen molar-refractivity contribution in [2.75, 3.05) is 7.11 Å². The summed E-state index contributed by atoms with van der Waals surface area (Å²) in [6, 6.07) is 11.3. The van der Waals surface area contributed by atoms with Crippen LogP contribution in [0, 0.1) is 0 Å². The molecule has 1 aromatic carbocycles. The summed E-state index contributed by atoms with van der Waals surface area (Å²) in [7, 11) is 1.63. The lowest BCUT2D eigenvalue weighted by Crippen LogP contribution is -1.97. The van der Waals surface area contributed by atoms with Gasteiger partial charge in [0.15, 0.2) is 0 Å². The lowest BCUT2D eigenvalue weighted by molar-refractivity contribution is 0.103. The number of carbonyl (C=O) groups excluding carboxylic acids is 1. The van der Waals surface area contributed by atoms with Crippen LogP contribution in [0.25, 0.3) is 10.9 Å². The standard InChI is InChI=1S/C14H11NO2S/c1-17-10-4-5-11-9(7-10)8-12(15-11)14(16)13-3-2-6-18-13/h2-8,15H,1H3. The molecule has 0 aliphatic rings. The maximum absolute atomic E-state index is 12.2. The van der Waals surface area contributed by atoms with E-state index in [1.807, 2.05) is 41.8 Å². The molecule has 0 saturated carbocycles. The highest BCUT2D eigenvalue weighted by atomic mass is 32.1. The molecule has 0 saturated heterocycles. The Morgan fingerprint density at radius 3 is 2.89 bits per heavy atom. The van der Waals surface area contributed by atoms with Gasteiger partial charge in [-0.05, 0) is 35.7 Å². The average molecular weight is 257 g/mol. The average Bonchev–Trinajstić information content (AvgIpc) is 3.05. The zero-order valence-corrected chi connectivity index (χ0v) is 10.6. The SMILES string of the molecule is COc1ccc2[nH]c(C(=O)c3cccs3)cc2c1. The van der Waals surface area contributed by atoms with Crippen molar-refractivity contribution in [1.82, 2.24) is 4.98 Å². The Kier molecular flexibility index (Phi) is 2.64. The first kappa shape index (κ1) is 11.0. The van der Waals surface area contributed by atoms with Crippen LogP contribution in [0.2, 0.25) is 0 Å². The van der Waals surface area contributed by atoms with Crippen molar-refractivity contribution in [2.24, 2.45) is 0 Å². The predicted octanol–water partition coefficient (Wildman–Crippen LogP) is 3.47. The number of methoxy groups -OCH3 is 1. The molecular formula is C14H11NO2S. The highest BCUT2D eigenvalue weighted by molar-refractivity contribution is 7.12. The number of benzene rings is 1. The zero-order valence-electron chi connectivity index (χ0n) is 9.77. The van der Waals surface area contributed by atoms with Crippen molar-refractivity contribution < 1.29 is 9.53 Å². The van der Waals surface area contributed by atoms with Crippen molar-refractivity contribution in [1.29, 1.82) is 0 Å². The molecular weight excluding hydrogens is 246 g/mol. The van der Waals surface area contributed by atoms with Crippen molar-refractivity contribution in [3.8, 4) is 5.75 Å². The molecule has 0 aliphatic heterocycles. The third-order valence-electron chi connectivity index (χ3n) is 2.82. The summed E-state index contributed by atoms with van der Waals surface area (Å²) in [6.45, 7) is 0. The zero-order chi connectivity index (χ0) is 12.5. The smallest absolute Gasteiger partial charge is 0.219 e. The number of aromatic nitrogens is 1. The van der Waals surface area contributed by atoms with Gasteiger partial charge in [0, 0.05) is 10.9 Å². The van der Waals surface area contributed by atoms with Crippen LogP contribution in [0.3, 0.4) is 0 Å². The fourth-order valence-corrected chi connectivity index (χ4v) is 2.58. The van der Waals surface area contributed by atoms with E-state index in [1.165, 1.54) is 11.3 Å². The van der Waals surface area contributed by atoms with Gasteiger partial charge >= 0.3 is 0 Å². The molecule has 0 unspecified atom stereocenters. The van der Waals surface area contributed by atoms with Crippen LogP contribution < -0.4 is 4.74 Å². The van der Waals surface area contributed by atoms with Gasteiger partial charge in [-0.1, -0.05) is 6.07 Å². The van der Waals surface area contributed by atoms with Crippen molar-refractivity contribution in [3.63, 3.8) is 0 Å². The minimum Gasteiger partial charge on any atom is -0.497 e. The van der Waals surface area contributed by atoms with Gasteiger partial charge < -0.3 is 9.72 Å². The lowest BCUT2D eigenvalue weighted by Gasteiger charge is -1.97. The van der Waals surface area contributed by atoms with Gasteiger partial charge in [-0.25, -0.2) is 0 Å². The summed E-state index contributed by atoms with van der Waals surface area (Å²) in [4.78, 5) is 16.1. The minimum atomic E-state index is 0.0279. The Morgan fingerprint density at radius 1 is 1.28 bits per heavy atom. The quantitative estimate of drug-likeness (QED) is 0.730. The Bertz CT molecular complexity index is 698. The molecule has 0 amide bonds. The van der Waals surface area contributed by atoms with Gasteiger partial charge in [0.05, 0.1) is 17.7 Å². The lowest BCUT2D eigenvalue weighted by atomic mass is 10.2. The van der Waals surface area contributed by atoms with E-state index in [-0.39, 0.29) is 5.78 Å². The number of H-pyrrole nitrogens is 1. The summed E-state index contributed by atoms with van der Waals surface area (Å²) < 4.78 is 5.17. The van der Waals surface area contributed by atoms with Gasteiger partial charge in [0.25, 0.3) is 0 Å². The molecule has 4 heteroatoms. The molecule has 2 aromatic heterocycles. The number of carbonyl (C=O) groups is 1.